The average molecular weight is 382 g/mol. The van der Waals surface area contributed by atoms with E-state index >= 15 is 0 Å². The van der Waals surface area contributed by atoms with E-state index in [0.717, 1.165) is 6.42 Å². The number of ether oxygens (including phenoxy) is 1. The molecule has 3 rings (SSSR count). The number of nitrogens with one attached hydrogen (secondary N) is 3. The Morgan fingerprint density at radius 2 is 2.08 bits per heavy atom. The predicted molar refractivity (Wildman–Crippen MR) is 104 cm³/mol. The summed E-state index contributed by atoms with van der Waals surface area (Å²) in [6.07, 6.45) is 5.96. The van der Waals surface area contributed by atoms with E-state index in [1.807, 2.05) is 12.1 Å². The molecule has 0 spiro atoms. The Hall–Kier alpha value is -1.79. The third-order valence-corrected chi connectivity index (χ3v) is 5.00. The topological polar surface area (TPSA) is 79.5 Å². The van der Waals surface area contributed by atoms with Crippen LogP contribution in [0.3, 0.4) is 0 Å². The quantitative estimate of drug-likeness (QED) is 0.661. The number of amides is 2. The van der Waals surface area contributed by atoms with Gasteiger partial charge in [-0.2, -0.15) is 0 Å². The molecule has 0 bridgehead atoms. The lowest BCUT2D eigenvalue weighted by atomic mass is 9.85. The predicted octanol–water partition coefficient (Wildman–Crippen LogP) is 2.48. The van der Waals surface area contributed by atoms with Crippen LogP contribution in [0.15, 0.2) is 24.3 Å². The van der Waals surface area contributed by atoms with Crippen LogP contribution >= 0.6 is 12.4 Å². The standard InChI is InChI=1S/C19H27N3O3.ClH/c1-13(23)21-15-6-4-7-16(12-15)25-10-9-20-19(24)18-11-14-5-2-3-8-17(14)22-18;/h4,6-7,12,14,17-18,22H,2-3,5,8-11H2,1H3,(H,20,24)(H,21,23);1H. The van der Waals surface area contributed by atoms with Gasteiger partial charge in [0.05, 0.1) is 12.6 Å². The minimum atomic E-state index is -0.117. The molecule has 1 aliphatic heterocycles. The second kappa shape index (κ2) is 9.78. The van der Waals surface area contributed by atoms with E-state index in [2.05, 4.69) is 16.0 Å². The fourth-order valence-corrected chi connectivity index (χ4v) is 3.85. The maximum Gasteiger partial charge on any atom is 0.237 e. The zero-order valence-electron chi connectivity index (χ0n) is 15.1. The van der Waals surface area contributed by atoms with Crippen molar-refractivity contribution in [2.24, 2.45) is 5.92 Å². The summed E-state index contributed by atoms with van der Waals surface area (Å²) in [6.45, 7) is 2.34. The van der Waals surface area contributed by atoms with Gasteiger partial charge in [0.25, 0.3) is 0 Å². The van der Waals surface area contributed by atoms with Gasteiger partial charge in [-0.15, -0.1) is 12.4 Å². The zero-order chi connectivity index (χ0) is 17.6. The molecule has 144 valence electrons. The molecule has 3 unspecified atom stereocenters. The lowest BCUT2D eigenvalue weighted by Crippen LogP contribution is -2.44. The summed E-state index contributed by atoms with van der Waals surface area (Å²) < 4.78 is 5.65. The molecule has 1 heterocycles. The molecule has 6 nitrogen and oxygen atoms in total. The highest BCUT2D eigenvalue weighted by Crippen LogP contribution is 2.33. The summed E-state index contributed by atoms with van der Waals surface area (Å²) in [5, 5.41) is 9.16. The van der Waals surface area contributed by atoms with Crippen LogP contribution < -0.4 is 20.7 Å². The second-order valence-electron chi connectivity index (χ2n) is 6.95. The van der Waals surface area contributed by atoms with Crippen molar-refractivity contribution < 1.29 is 14.3 Å². The van der Waals surface area contributed by atoms with Gasteiger partial charge in [0.2, 0.25) is 11.8 Å². The van der Waals surface area contributed by atoms with E-state index < -0.39 is 0 Å². The summed E-state index contributed by atoms with van der Waals surface area (Å²) in [6, 6.07) is 7.70. The molecule has 3 N–H and O–H groups in total. The van der Waals surface area contributed by atoms with Gasteiger partial charge in [-0.05, 0) is 37.3 Å². The Morgan fingerprint density at radius 3 is 2.85 bits per heavy atom. The van der Waals surface area contributed by atoms with Crippen LogP contribution in [0.2, 0.25) is 0 Å². The van der Waals surface area contributed by atoms with Crippen molar-refractivity contribution in [3.8, 4) is 5.75 Å². The van der Waals surface area contributed by atoms with Crippen LogP contribution in [0, 0.1) is 5.92 Å². The molecule has 2 aliphatic rings. The minimum Gasteiger partial charge on any atom is -0.492 e. The van der Waals surface area contributed by atoms with E-state index in [4.69, 9.17) is 4.74 Å². The molecular formula is C19H28ClN3O3. The summed E-state index contributed by atoms with van der Waals surface area (Å²) in [4.78, 5) is 23.4. The van der Waals surface area contributed by atoms with Crippen molar-refractivity contribution in [2.45, 2.75) is 51.1 Å². The highest BCUT2D eigenvalue weighted by Gasteiger charge is 2.37. The van der Waals surface area contributed by atoms with E-state index in [9.17, 15) is 9.59 Å². The number of halogens is 1. The second-order valence-corrected chi connectivity index (χ2v) is 6.95. The number of anilines is 1. The van der Waals surface area contributed by atoms with E-state index in [-0.39, 0.29) is 30.3 Å². The first kappa shape index (κ1) is 20.5. The number of carbonyl (C=O) groups excluding carboxylic acids is 2. The Morgan fingerprint density at radius 1 is 1.27 bits per heavy atom. The number of hydrogen-bond donors (Lipinski definition) is 3. The molecule has 7 heteroatoms. The van der Waals surface area contributed by atoms with E-state index in [0.29, 0.717) is 36.5 Å². The van der Waals surface area contributed by atoms with Crippen LogP contribution in [-0.4, -0.2) is 37.0 Å². The summed E-state index contributed by atoms with van der Waals surface area (Å²) in [7, 11) is 0. The highest BCUT2D eigenvalue weighted by molar-refractivity contribution is 5.88. The van der Waals surface area contributed by atoms with E-state index in [1.165, 1.54) is 32.6 Å². The zero-order valence-corrected chi connectivity index (χ0v) is 15.9. The first-order valence-corrected chi connectivity index (χ1v) is 9.16. The summed E-state index contributed by atoms with van der Waals surface area (Å²) in [5.74, 6) is 1.29. The van der Waals surface area contributed by atoms with Crippen LogP contribution in [0.1, 0.15) is 39.0 Å². The molecule has 0 aromatic heterocycles. The van der Waals surface area contributed by atoms with Crippen LogP contribution in [-0.2, 0) is 9.59 Å². The first-order chi connectivity index (χ1) is 12.1. The molecule has 0 radical (unpaired) electrons. The lowest BCUT2D eigenvalue weighted by molar-refractivity contribution is -0.123. The average Bonchev–Trinajstić information content (AvgIpc) is 3.02. The van der Waals surface area contributed by atoms with Crippen LogP contribution in [0.25, 0.3) is 0 Å². The Bertz CT molecular complexity index is 612. The third-order valence-electron chi connectivity index (χ3n) is 5.00. The monoisotopic (exact) mass is 381 g/mol. The van der Waals surface area contributed by atoms with Crippen molar-refractivity contribution in [2.75, 3.05) is 18.5 Å². The van der Waals surface area contributed by atoms with Crippen molar-refractivity contribution in [3.05, 3.63) is 24.3 Å². The SMILES string of the molecule is CC(=O)Nc1cccc(OCCNC(=O)C2CC3CCCCC3N2)c1.Cl. The number of rotatable bonds is 6. The first-order valence-electron chi connectivity index (χ1n) is 9.16. The van der Waals surface area contributed by atoms with Gasteiger partial charge in [-0.25, -0.2) is 0 Å². The maximum absolute atomic E-state index is 12.3. The van der Waals surface area contributed by atoms with Crippen molar-refractivity contribution in [1.29, 1.82) is 0 Å². The lowest BCUT2D eigenvalue weighted by Gasteiger charge is -2.24. The molecule has 1 aromatic rings. The molecule has 1 saturated carbocycles. The fourth-order valence-electron chi connectivity index (χ4n) is 3.85. The van der Waals surface area contributed by atoms with Crippen LogP contribution in [0.5, 0.6) is 5.75 Å². The molecule has 26 heavy (non-hydrogen) atoms. The Kier molecular flexibility index (Phi) is 7.72. The van der Waals surface area contributed by atoms with Crippen molar-refractivity contribution >= 4 is 29.9 Å². The largest absolute Gasteiger partial charge is 0.492 e. The van der Waals surface area contributed by atoms with Gasteiger partial charge in [-0.1, -0.05) is 18.9 Å². The number of carbonyl (C=O) groups is 2. The number of fused-ring (bicyclic) bond motifs is 1. The van der Waals surface area contributed by atoms with Gasteiger partial charge in [0.15, 0.2) is 0 Å². The minimum absolute atomic E-state index is 0. The van der Waals surface area contributed by atoms with Gasteiger partial charge >= 0.3 is 0 Å². The molecule has 1 saturated heterocycles. The smallest absolute Gasteiger partial charge is 0.237 e. The molecular weight excluding hydrogens is 354 g/mol. The van der Waals surface area contributed by atoms with Gasteiger partial charge in [0.1, 0.15) is 12.4 Å². The van der Waals surface area contributed by atoms with Gasteiger partial charge in [-0.3, -0.25) is 9.59 Å². The molecule has 2 amide bonds. The molecule has 2 fully saturated rings. The molecule has 1 aliphatic carbocycles. The van der Waals surface area contributed by atoms with Gasteiger partial charge in [0, 0.05) is 24.7 Å². The Balaban J connectivity index is 0.00000243. The summed E-state index contributed by atoms with van der Waals surface area (Å²) in [5.41, 5.74) is 0.701. The van der Waals surface area contributed by atoms with Crippen molar-refractivity contribution in [1.82, 2.24) is 10.6 Å². The Labute approximate surface area is 160 Å². The number of hydrogen-bond acceptors (Lipinski definition) is 4. The summed E-state index contributed by atoms with van der Waals surface area (Å²) >= 11 is 0. The molecule has 3 atom stereocenters. The number of benzene rings is 1. The normalized spacial score (nSPS) is 24.1. The molecule has 1 aromatic carbocycles. The highest BCUT2D eigenvalue weighted by atomic mass is 35.5. The fraction of sp³-hybridized carbons (Fsp3) is 0.579. The van der Waals surface area contributed by atoms with Crippen LogP contribution in [0.4, 0.5) is 5.69 Å². The van der Waals surface area contributed by atoms with Gasteiger partial charge < -0.3 is 20.7 Å². The third kappa shape index (κ3) is 5.61. The maximum atomic E-state index is 12.3. The van der Waals surface area contributed by atoms with E-state index in [1.54, 1.807) is 12.1 Å². The van der Waals surface area contributed by atoms with Crippen molar-refractivity contribution in [3.63, 3.8) is 0 Å².